The third-order valence-electron chi connectivity index (χ3n) is 6.20. The Morgan fingerprint density at radius 1 is 1.18 bits per heavy atom. The zero-order valence-corrected chi connectivity index (χ0v) is 26.6. The summed E-state index contributed by atoms with van der Waals surface area (Å²) in [7, 11) is -4.11. The Kier molecular flexibility index (Phi) is 15.2. The van der Waals surface area contributed by atoms with Crippen LogP contribution in [0.15, 0.2) is 42.6 Å². The first-order chi connectivity index (χ1) is 21.2. The van der Waals surface area contributed by atoms with E-state index in [1.165, 1.54) is 34.7 Å². The lowest BCUT2D eigenvalue weighted by atomic mass is 10.1. The Labute approximate surface area is 264 Å². The van der Waals surface area contributed by atoms with Gasteiger partial charge in [-0.2, -0.15) is 21.6 Å². The number of halogens is 5. The van der Waals surface area contributed by atoms with Crippen LogP contribution in [-0.4, -0.2) is 61.0 Å². The molecule has 1 saturated heterocycles. The van der Waals surface area contributed by atoms with E-state index in [4.69, 9.17) is 11.6 Å². The highest BCUT2D eigenvalue weighted by molar-refractivity contribution is 7.88. The Bertz CT molecular complexity index is 1610. The van der Waals surface area contributed by atoms with Gasteiger partial charge < -0.3 is 23.8 Å². The minimum absolute atomic E-state index is 0.144. The smallest absolute Gasteiger partial charge is 0.376 e. The topological polar surface area (TPSA) is 115 Å². The summed E-state index contributed by atoms with van der Waals surface area (Å²) in [5.74, 6) is -1.71. The predicted molar refractivity (Wildman–Crippen MR) is 164 cm³/mol. The van der Waals surface area contributed by atoms with Gasteiger partial charge >= 0.3 is 15.6 Å². The number of hydrogen-bond donors (Lipinski definition) is 1. The molecule has 246 valence electrons. The molecule has 1 aliphatic rings. The normalized spacial score (nSPS) is 14.2. The average molecular weight is 676 g/mol. The van der Waals surface area contributed by atoms with Gasteiger partial charge in [-0.3, -0.25) is 9.59 Å². The summed E-state index contributed by atoms with van der Waals surface area (Å²) >= 11 is 5.55. The number of nitrogens with zero attached hydrogens (tertiary/aromatic N) is 2. The number of likely N-dealkylation sites (tertiary alicyclic amines) is 1. The molecular formula is C30H34ClF4N3O6S. The first kappa shape index (κ1) is 39.1. The lowest BCUT2D eigenvalue weighted by molar-refractivity contribution is -0.135. The second-order valence-electron chi connectivity index (χ2n) is 9.07. The van der Waals surface area contributed by atoms with Crippen molar-refractivity contribution in [3.63, 3.8) is 0 Å². The van der Waals surface area contributed by atoms with Crippen LogP contribution in [0.4, 0.5) is 17.6 Å². The number of alkyl halides is 3. The van der Waals surface area contributed by atoms with Crippen molar-refractivity contribution in [2.24, 2.45) is 0 Å². The maximum absolute atomic E-state index is 13.0. The quantitative estimate of drug-likeness (QED) is 0.0809. The van der Waals surface area contributed by atoms with Crippen molar-refractivity contribution in [3.05, 3.63) is 64.6 Å². The number of aromatic nitrogens is 1. The van der Waals surface area contributed by atoms with Crippen LogP contribution in [0.2, 0.25) is 5.02 Å². The molecule has 9 nitrogen and oxygen atoms in total. The number of terminal acetylenes is 1. The van der Waals surface area contributed by atoms with Crippen LogP contribution in [-0.2, 0) is 32.8 Å². The number of carbonyl (C=O) groups is 3. The van der Waals surface area contributed by atoms with E-state index in [2.05, 4.69) is 22.3 Å². The summed E-state index contributed by atoms with van der Waals surface area (Å²) in [5, 5.41) is 3.35. The number of hydrogen-bond acceptors (Lipinski definition) is 7. The number of nitrogens with one attached hydrogen (secondary N) is 1. The van der Waals surface area contributed by atoms with Crippen molar-refractivity contribution in [1.29, 1.82) is 0 Å². The highest BCUT2D eigenvalue weighted by Crippen LogP contribution is 2.31. The summed E-state index contributed by atoms with van der Waals surface area (Å²) in [6, 6.07) is 7.68. The fraction of sp³-hybridized carbons (Fsp3) is 0.367. The van der Waals surface area contributed by atoms with Crippen molar-refractivity contribution in [2.45, 2.75) is 58.3 Å². The monoisotopic (exact) mass is 675 g/mol. The average Bonchev–Trinajstić information content (AvgIpc) is 3.62. The maximum atomic E-state index is 13.0. The molecule has 0 radical (unpaired) electrons. The standard InChI is InChI=1S/C18H17F3N2O6S.C8H9ClFN.C2H6.C2H2/c1-11(25)15-8-22(9-17(26)23-6-2-3-12(23)10-24)16-7-13(4-5-14(15)16)29-30(27,28)18(19,20)21;1-11-5-6-3-2-4-7(9)8(6)10;2*1-2/h4-5,7-8,10,12H,2-3,6,9H2,1H3;2-4,11H,5H2,1H3;1-2H3;1-2H/t12-;;;/m0.../s1. The number of rotatable bonds is 8. The van der Waals surface area contributed by atoms with Crippen LogP contribution < -0.4 is 9.50 Å². The lowest BCUT2D eigenvalue weighted by Crippen LogP contribution is -2.38. The van der Waals surface area contributed by atoms with Gasteiger partial charge in [0.1, 0.15) is 24.4 Å². The Hall–Kier alpha value is -3.93. The van der Waals surface area contributed by atoms with E-state index < -0.39 is 33.3 Å². The lowest BCUT2D eigenvalue weighted by Gasteiger charge is -2.21. The Balaban J connectivity index is 0.000000563. The molecule has 4 rings (SSSR count). The van der Waals surface area contributed by atoms with E-state index in [1.807, 2.05) is 13.8 Å². The molecule has 0 spiro atoms. The fourth-order valence-electron chi connectivity index (χ4n) is 4.26. The van der Waals surface area contributed by atoms with Gasteiger partial charge in [0.2, 0.25) is 5.91 Å². The highest BCUT2D eigenvalue weighted by Gasteiger charge is 2.48. The number of amides is 1. The zero-order valence-electron chi connectivity index (χ0n) is 25.0. The molecule has 45 heavy (non-hydrogen) atoms. The minimum Gasteiger partial charge on any atom is -0.376 e. The van der Waals surface area contributed by atoms with E-state index in [-0.39, 0.29) is 34.2 Å². The van der Waals surface area contributed by atoms with E-state index in [9.17, 15) is 40.4 Å². The number of aldehydes is 1. The molecule has 1 atom stereocenters. The summed E-state index contributed by atoms with van der Waals surface area (Å²) in [5.41, 5.74) is -4.66. The molecule has 2 aromatic carbocycles. The fourth-order valence-corrected chi connectivity index (χ4v) is 4.91. The van der Waals surface area contributed by atoms with Crippen LogP contribution in [0.1, 0.15) is 49.5 Å². The predicted octanol–water partition coefficient (Wildman–Crippen LogP) is 5.74. The minimum atomic E-state index is -5.88. The Morgan fingerprint density at radius 2 is 1.82 bits per heavy atom. The molecule has 1 N–H and O–H groups in total. The van der Waals surface area contributed by atoms with Crippen molar-refractivity contribution in [1.82, 2.24) is 14.8 Å². The number of benzene rings is 2. The number of ketones is 1. The van der Waals surface area contributed by atoms with Crippen molar-refractivity contribution in [2.75, 3.05) is 13.6 Å². The number of Topliss-reactive ketones (excluding diaryl/α,β-unsaturated/α-hetero) is 1. The van der Waals surface area contributed by atoms with Crippen molar-refractivity contribution < 1.29 is 44.5 Å². The second kappa shape index (κ2) is 17.5. The SMILES string of the molecule is C#C.CC.CC(=O)c1cn(CC(=O)N2CCC[C@H]2C=O)c2cc(OS(=O)(=O)C(F)(F)F)ccc12.CNCc1cccc(Cl)c1F. The van der Waals surface area contributed by atoms with Gasteiger partial charge in [-0.25, -0.2) is 4.39 Å². The van der Waals surface area contributed by atoms with Gasteiger partial charge in [-0.05, 0) is 45.0 Å². The third kappa shape index (κ3) is 10.0. The number of fused-ring (bicyclic) bond motifs is 1. The van der Waals surface area contributed by atoms with Gasteiger partial charge in [0, 0.05) is 41.9 Å². The molecular weight excluding hydrogens is 642 g/mol. The van der Waals surface area contributed by atoms with Gasteiger partial charge in [0.15, 0.2) is 5.78 Å². The molecule has 1 amide bonds. The molecule has 15 heteroatoms. The molecule has 2 heterocycles. The van der Waals surface area contributed by atoms with E-state index in [0.717, 1.165) is 12.1 Å². The van der Waals surface area contributed by atoms with Gasteiger partial charge in [-0.1, -0.05) is 37.6 Å². The van der Waals surface area contributed by atoms with E-state index in [1.54, 1.807) is 19.2 Å². The molecule has 3 aromatic rings. The summed E-state index contributed by atoms with van der Waals surface area (Å²) in [6.45, 7) is 5.89. The third-order valence-corrected chi connectivity index (χ3v) is 7.47. The summed E-state index contributed by atoms with van der Waals surface area (Å²) in [4.78, 5) is 37.1. The molecule has 1 aliphatic heterocycles. The first-order valence-corrected chi connectivity index (χ1v) is 15.3. The highest BCUT2D eigenvalue weighted by atomic mass is 35.5. The van der Waals surface area contributed by atoms with Crippen LogP contribution in [0.25, 0.3) is 10.9 Å². The van der Waals surface area contributed by atoms with Crippen LogP contribution in [0.3, 0.4) is 0 Å². The Morgan fingerprint density at radius 3 is 2.38 bits per heavy atom. The van der Waals surface area contributed by atoms with Gasteiger partial charge in [0.25, 0.3) is 0 Å². The van der Waals surface area contributed by atoms with Gasteiger partial charge in [0.05, 0.1) is 16.6 Å². The van der Waals surface area contributed by atoms with Gasteiger partial charge in [-0.15, -0.1) is 12.8 Å². The van der Waals surface area contributed by atoms with Crippen LogP contribution in [0, 0.1) is 18.7 Å². The van der Waals surface area contributed by atoms with E-state index >= 15 is 0 Å². The van der Waals surface area contributed by atoms with Crippen LogP contribution >= 0.6 is 11.6 Å². The molecule has 0 saturated carbocycles. The zero-order chi connectivity index (χ0) is 34.5. The summed E-state index contributed by atoms with van der Waals surface area (Å²) < 4.78 is 78.8. The number of carbonyl (C=O) groups excluding carboxylic acids is 3. The molecule has 1 fully saturated rings. The second-order valence-corrected chi connectivity index (χ2v) is 11.0. The van der Waals surface area contributed by atoms with Crippen molar-refractivity contribution in [3.8, 4) is 18.6 Å². The first-order valence-electron chi connectivity index (χ1n) is 13.5. The largest absolute Gasteiger partial charge is 0.534 e. The summed E-state index contributed by atoms with van der Waals surface area (Å²) in [6.07, 6.45) is 11.2. The van der Waals surface area contributed by atoms with Crippen molar-refractivity contribution >= 4 is 50.6 Å². The molecule has 1 aromatic heterocycles. The molecule has 0 unspecified atom stereocenters. The van der Waals surface area contributed by atoms with E-state index in [0.29, 0.717) is 43.2 Å². The maximum Gasteiger partial charge on any atom is 0.534 e. The molecule has 0 aliphatic carbocycles. The van der Waals surface area contributed by atoms with Crippen LogP contribution in [0.5, 0.6) is 5.75 Å². The molecule has 0 bridgehead atoms.